The highest BCUT2D eigenvalue weighted by atomic mass is 32.2. The lowest BCUT2D eigenvalue weighted by atomic mass is 9.95. The molecule has 1 aromatic heterocycles. The summed E-state index contributed by atoms with van der Waals surface area (Å²) in [7, 11) is -3.51. The maximum Gasteiger partial charge on any atom is 0.264 e. The molecule has 25 heavy (non-hydrogen) atoms. The number of hydrogen-bond acceptors (Lipinski definition) is 3. The highest BCUT2D eigenvalue weighted by Crippen LogP contribution is 2.33. The predicted octanol–water partition coefficient (Wildman–Crippen LogP) is 3.68. The number of benzene rings is 1. The first kappa shape index (κ1) is 16.6. The maximum absolute atomic E-state index is 12.4. The van der Waals surface area contributed by atoms with Crippen LogP contribution < -0.4 is 4.72 Å². The van der Waals surface area contributed by atoms with Gasteiger partial charge in [-0.1, -0.05) is 19.3 Å². The molecule has 0 atom stereocenters. The smallest absolute Gasteiger partial charge is 0.264 e. The molecule has 1 heterocycles. The number of sulfonamides is 1. The van der Waals surface area contributed by atoms with Crippen molar-refractivity contribution in [1.29, 1.82) is 0 Å². The van der Waals surface area contributed by atoms with Crippen molar-refractivity contribution in [3.8, 4) is 0 Å². The van der Waals surface area contributed by atoms with E-state index in [0.29, 0.717) is 24.4 Å². The Morgan fingerprint density at radius 1 is 1.12 bits per heavy atom. The molecule has 0 aliphatic heterocycles. The van der Waals surface area contributed by atoms with Gasteiger partial charge in [0.1, 0.15) is 0 Å². The van der Waals surface area contributed by atoms with E-state index in [1.54, 1.807) is 6.07 Å². The Balaban J connectivity index is 1.64. The number of nitrogens with one attached hydrogen (secondary N) is 1. The largest absolute Gasteiger partial charge is 0.344 e. The first-order valence-corrected chi connectivity index (χ1v) is 10.7. The van der Waals surface area contributed by atoms with Gasteiger partial charge in [0.2, 0.25) is 10.0 Å². The van der Waals surface area contributed by atoms with E-state index in [-0.39, 0.29) is 0 Å². The third kappa shape index (κ3) is 3.19. The van der Waals surface area contributed by atoms with Crippen molar-refractivity contribution in [2.24, 2.45) is 0 Å². The quantitative estimate of drug-likeness (QED) is 0.904. The number of amides is 1. The summed E-state index contributed by atoms with van der Waals surface area (Å²) in [6.07, 6.45) is 9.70. The van der Waals surface area contributed by atoms with Crippen LogP contribution in [0.2, 0.25) is 0 Å². The monoisotopic (exact) mass is 360 g/mol. The lowest BCUT2D eigenvalue weighted by molar-refractivity contribution is 0.0981. The third-order valence-corrected chi connectivity index (χ3v) is 7.28. The van der Waals surface area contributed by atoms with Crippen LogP contribution in [0.3, 0.4) is 0 Å². The van der Waals surface area contributed by atoms with Crippen LogP contribution in [-0.2, 0) is 10.0 Å². The second-order valence-corrected chi connectivity index (χ2v) is 9.38. The first-order valence-electron chi connectivity index (χ1n) is 9.13. The summed E-state index contributed by atoms with van der Waals surface area (Å²) in [5.41, 5.74) is 2.66. The van der Waals surface area contributed by atoms with Gasteiger partial charge in [0.25, 0.3) is 5.91 Å². The fourth-order valence-electron chi connectivity index (χ4n) is 3.88. The average molecular weight is 360 g/mol. The molecule has 6 heteroatoms. The van der Waals surface area contributed by atoms with Crippen molar-refractivity contribution in [1.82, 2.24) is 9.29 Å². The van der Waals surface area contributed by atoms with Crippen molar-refractivity contribution in [2.75, 3.05) is 0 Å². The zero-order chi connectivity index (χ0) is 17.6. The number of aryl methyl sites for hydroxylation is 1. The van der Waals surface area contributed by atoms with Crippen LogP contribution in [0.25, 0.3) is 10.9 Å². The normalized spacial score (nSPS) is 19.2. The van der Waals surface area contributed by atoms with Gasteiger partial charge >= 0.3 is 0 Å². The molecule has 0 radical (unpaired) electrons. The number of rotatable bonds is 4. The minimum atomic E-state index is -3.51. The Labute approximate surface area is 148 Å². The molecule has 2 saturated carbocycles. The summed E-state index contributed by atoms with van der Waals surface area (Å²) >= 11 is 0. The van der Waals surface area contributed by atoms with Gasteiger partial charge in [-0.05, 0) is 56.4 Å². The zero-order valence-electron chi connectivity index (χ0n) is 14.5. The van der Waals surface area contributed by atoms with Gasteiger partial charge < -0.3 is 4.57 Å². The van der Waals surface area contributed by atoms with E-state index < -0.39 is 21.2 Å². The van der Waals surface area contributed by atoms with Crippen molar-refractivity contribution >= 4 is 26.8 Å². The van der Waals surface area contributed by atoms with Gasteiger partial charge in [-0.25, -0.2) is 13.1 Å². The van der Waals surface area contributed by atoms with Gasteiger partial charge in [0.05, 0.1) is 5.25 Å². The van der Waals surface area contributed by atoms with Crippen LogP contribution in [0, 0.1) is 6.92 Å². The van der Waals surface area contributed by atoms with Gasteiger partial charge in [-0.2, -0.15) is 0 Å². The molecule has 2 aliphatic carbocycles. The van der Waals surface area contributed by atoms with Crippen molar-refractivity contribution in [3.63, 3.8) is 0 Å². The predicted molar refractivity (Wildman–Crippen MR) is 98.2 cm³/mol. The minimum Gasteiger partial charge on any atom is -0.344 e. The number of nitrogens with zero attached hydrogens (tertiary/aromatic N) is 1. The van der Waals surface area contributed by atoms with Crippen LogP contribution >= 0.6 is 0 Å². The number of carbonyl (C=O) groups excluding carboxylic acids is 1. The Morgan fingerprint density at radius 3 is 2.52 bits per heavy atom. The van der Waals surface area contributed by atoms with Crippen LogP contribution in [-0.4, -0.2) is 24.1 Å². The molecule has 5 nitrogen and oxygen atoms in total. The van der Waals surface area contributed by atoms with E-state index in [1.807, 2.05) is 19.1 Å². The molecule has 1 aromatic carbocycles. The van der Waals surface area contributed by atoms with Gasteiger partial charge in [-0.15, -0.1) is 0 Å². The molecule has 1 N–H and O–H groups in total. The van der Waals surface area contributed by atoms with Crippen LogP contribution in [0.4, 0.5) is 0 Å². The summed E-state index contributed by atoms with van der Waals surface area (Å²) in [6, 6.07) is 6.04. The summed E-state index contributed by atoms with van der Waals surface area (Å²) in [5, 5.41) is 0.636. The topological polar surface area (TPSA) is 68.2 Å². The zero-order valence-corrected chi connectivity index (χ0v) is 15.3. The van der Waals surface area contributed by atoms with Crippen molar-refractivity contribution < 1.29 is 13.2 Å². The number of carbonyl (C=O) groups is 1. The molecule has 4 rings (SSSR count). The molecule has 2 aromatic rings. The summed E-state index contributed by atoms with van der Waals surface area (Å²) in [4.78, 5) is 12.4. The van der Waals surface area contributed by atoms with Crippen molar-refractivity contribution in [3.05, 3.63) is 35.5 Å². The lowest BCUT2D eigenvalue weighted by Gasteiger charge is -2.24. The lowest BCUT2D eigenvalue weighted by Crippen LogP contribution is -2.33. The fraction of sp³-hybridized carbons (Fsp3) is 0.526. The highest BCUT2D eigenvalue weighted by molar-refractivity contribution is 7.91. The third-order valence-electron chi connectivity index (χ3n) is 5.46. The molecule has 1 amide bonds. The number of hydrogen-bond donors (Lipinski definition) is 1. The summed E-state index contributed by atoms with van der Waals surface area (Å²) in [6.45, 7) is 2.05. The van der Waals surface area contributed by atoms with Crippen molar-refractivity contribution in [2.45, 2.75) is 63.2 Å². The van der Waals surface area contributed by atoms with E-state index in [2.05, 4.69) is 15.5 Å². The number of fused-ring (bicyclic) bond motifs is 1. The Morgan fingerprint density at radius 2 is 1.84 bits per heavy atom. The Kier molecular flexibility index (Phi) is 4.10. The van der Waals surface area contributed by atoms with E-state index in [1.165, 1.54) is 32.1 Å². The average Bonchev–Trinajstić information content (AvgIpc) is 3.41. The SMILES string of the molecule is Cc1cn(C2CCCCC2)c2ccc(C(=O)NS(=O)(=O)C3CC3)cc12. The fourth-order valence-corrected chi connectivity index (χ4v) is 5.18. The first-order chi connectivity index (χ1) is 12.0. The molecular formula is C19H24N2O3S. The molecule has 134 valence electrons. The highest BCUT2D eigenvalue weighted by Gasteiger charge is 2.37. The standard InChI is InChI=1S/C19H24N2O3S/c1-13-12-21(15-5-3-2-4-6-15)18-10-7-14(11-17(13)18)19(22)20-25(23,24)16-8-9-16/h7,10-12,15-16H,2-6,8-9H2,1H3,(H,20,22). The minimum absolute atomic E-state index is 0.394. The van der Waals surface area contributed by atoms with Gasteiger partial charge in [0.15, 0.2) is 0 Å². The second kappa shape index (κ2) is 6.16. The van der Waals surface area contributed by atoms with E-state index in [0.717, 1.165) is 16.5 Å². The Bertz CT molecular complexity index is 920. The molecule has 0 saturated heterocycles. The molecule has 0 bridgehead atoms. The maximum atomic E-state index is 12.4. The molecule has 0 spiro atoms. The van der Waals surface area contributed by atoms with Crippen LogP contribution in [0.15, 0.2) is 24.4 Å². The van der Waals surface area contributed by atoms with Crippen LogP contribution in [0.1, 0.15) is 66.9 Å². The van der Waals surface area contributed by atoms with E-state index >= 15 is 0 Å². The summed E-state index contributed by atoms with van der Waals surface area (Å²) in [5.74, 6) is -0.529. The summed E-state index contributed by atoms with van der Waals surface area (Å²) < 4.78 is 28.5. The number of aromatic nitrogens is 1. The van der Waals surface area contributed by atoms with Gasteiger partial charge in [-0.3, -0.25) is 4.79 Å². The molecule has 2 fully saturated rings. The van der Waals surface area contributed by atoms with E-state index in [9.17, 15) is 13.2 Å². The second-order valence-electron chi connectivity index (χ2n) is 7.42. The van der Waals surface area contributed by atoms with E-state index in [4.69, 9.17) is 0 Å². The van der Waals surface area contributed by atoms with Gasteiger partial charge in [0, 0.05) is 28.7 Å². The Hall–Kier alpha value is -1.82. The molecular weight excluding hydrogens is 336 g/mol. The van der Waals surface area contributed by atoms with Crippen LogP contribution in [0.5, 0.6) is 0 Å². The molecule has 0 unspecified atom stereocenters. The molecule has 2 aliphatic rings.